The van der Waals surface area contributed by atoms with Crippen LogP contribution in [0.15, 0.2) is 0 Å². The van der Waals surface area contributed by atoms with E-state index in [0.717, 1.165) is 6.54 Å². The number of carbonyl (C=O) groups is 1. The number of carboxylic acid groups (broad SMARTS) is 1. The summed E-state index contributed by atoms with van der Waals surface area (Å²) in [5.41, 5.74) is 0. The molecule has 0 saturated carbocycles. The Hall–Kier alpha value is -0.570. The van der Waals surface area contributed by atoms with Gasteiger partial charge < -0.3 is 5.11 Å². The SMILES string of the molecule is CC.CCN(C)C(C)C(=O)O. The van der Waals surface area contributed by atoms with Gasteiger partial charge >= 0.3 is 5.97 Å². The summed E-state index contributed by atoms with van der Waals surface area (Å²) in [6.45, 7) is 8.37. The van der Waals surface area contributed by atoms with E-state index in [0.29, 0.717) is 0 Å². The molecule has 0 aliphatic rings. The van der Waals surface area contributed by atoms with Crippen LogP contribution in [0.25, 0.3) is 0 Å². The van der Waals surface area contributed by atoms with Crippen molar-refractivity contribution < 1.29 is 9.90 Å². The van der Waals surface area contributed by atoms with Gasteiger partial charge in [-0.1, -0.05) is 20.8 Å². The Balaban J connectivity index is 0. The van der Waals surface area contributed by atoms with E-state index in [1.807, 2.05) is 20.8 Å². The van der Waals surface area contributed by atoms with Crippen molar-refractivity contribution in [2.75, 3.05) is 13.6 Å². The predicted octanol–water partition coefficient (Wildman–Crippen LogP) is 1.44. The first-order valence-electron chi connectivity index (χ1n) is 4.02. The van der Waals surface area contributed by atoms with E-state index < -0.39 is 5.97 Å². The summed E-state index contributed by atoms with van der Waals surface area (Å²) < 4.78 is 0. The Bertz CT molecular complexity index is 104. The summed E-state index contributed by atoms with van der Waals surface area (Å²) in [6.07, 6.45) is 0. The van der Waals surface area contributed by atoms with Gasteiger partial charge in [0.1, 0.15) is 6.04 Å². The molecule has 3 heteroatoms. The smallest absolute Gasteiger partial charge is 0.320 e. The summed E-state index contributed by atoms with van der Waals surface area (Å²) in [5.74, 6) is -0.764. The topological polar surface area (TPSA) is 40.5 Å². The van der Waals surface area contributed by atoms with Crippen LogP contribution in [-0.2, 0) is 4.79 Å². The van der Waals surface area contributed by atoms with Crippen LogP contribution in [-0.4, -0.2) is 35.6 Å². The molecule has 3 nitrogen and oxygen atoms in total. The van der Waals surface area contributed by atoms with Crippen molar-refractivity contribution in [3.63, 3.8) is 0 Å². The van der Waals surface area contributed by atoms with Gasteiger partial charge in [0.25, 0.3) is 0 Å². The number of hydrogen-bond acceptors (Lipinski definition) is 2. The van der Waals surface area contributed by atoms with Gasteiger partial charge in [-0.25, -0.2) is 0 Å². The molecule has 0 aromatic heterocycles. The molecule has 0 bridgehead atoms. The third-order valence-electron chi connectivity index (χ3n) is 1.52. The molecule has 0 aliphatic carbocycles. The van der Waals surface area contributed by atoms with Gasteiger partial charge in [-0.15, -0.1) is 0 Å². The average Bonchev–Trinajstić information content (AvgIpc) is 2.05. The minimum absolute atomic E-state index is 0.366. The highest BCUT2D eigenvalue weighted by Gasteiger charge is 2.13. The quantitative estimate of drug-likeness (QED) is 0.681. The van der Waals surface area contributed by atoms with E-state index in [2.05, 4.69) is 0 Å². The standard InChI is InChI=1S/C6H13NO2.C2H6/c1-4-7(3)5(2)6(8)9;1-2/h5H,4H2,1-3H3,(H,8,9);1-2H3. The van der Waals surface area contributed by atoms with Crippen LogP contribution in [0.2, 0.25) is 0 Å². The van der Waals surface area contributed by atoms with Gasteiger partial charge in [0.2, 0.25) is 0 Å². The fourth-order valence-corrected chi connectivity index (χ4v) is 0.462. The lowest BCUT2D eigenvalue weighted by molar-refractivity contribution is -0.142. The highest BCUT2D eigenvalue weighted by molar-refractivity contribution is 5.72. The number of hydrogen-bond donors (Lipinski definition) is 1. The van der Waals surface area contributed by atoms with Crippen LogP contribution in [0.1, 0.15) is 27.7 Å². The molecule has 0 heterocycles. The molecule has 0 saturated heterocycles. The Labute approximate surface area is 69.0 Å². The van der Waals surface area contributed by atoms with Crippen molar-refractivity contribution in [2.45, 2.75) is 33.7 Å². The van der Waals surface area contributed by atoms with Gasteiger partial charge in [-0.3, -0.25) is 9.69 Å². The number of carboxylic acids is 1. The molecular formula is C8H19NO2. The average molecular weight is 161 g/mol. The van der Waals surface area contributed by atoms with Crippen LogP contribution in [0.5, 0.6) is 0 Å². The molecule has 68 valence electrons. The molecule has 0 fully saturated rings. The number of likely N-dealkylation sites (N-methyl/N-ethyl adjacent to an activating group) is 1. The molecule has 0 radical (unpaired) electrons. The molecule has 0 aromatic carbocycles. The van der Waals surface area contributed by atoms with E-state index in [-0.39, 0.29) is 6.04 Å². The lowest BCUT2D eigenvalue weighted by Gasteiger charge is -2.17. The van der Waals surface area contributed by atoms with Crippen molar-refractivity contribution in [3.05, 3.63) is 0 Å². The van der Waals surface area contributed by atoms with Gasteiger partial charge in [-0.2, -0.15) is 0 Å². The minimum Gasteiger partial charge on any atom is -0.480 e. The molecule has 1 N–H and O–H groups in total. The molecule has 1 unspecified atom stereocenters. The van der Waals surface area contributed by atoms with Crippen LogP contribution >= 0.6 is 0 Å². The Morgan fingerprint density at radius 3 is 2.00 bits per heavy atom. The van der Waals surface area contributed by atoms with Crippen molar-refractivity contribution in [1.29, 1.82) is 0 Å². The van der Waals surface area contributed by atoms with Gasteiger partial charge in [0, 0.05) is 0 Å². The third-order valence-corrected chi connectivity index (χ3v) is 1.52. The molecular weight excluding hydrogens is 142 g/mol. The number of rotatable bonds is 3. The van der Waals surface area contributed by atoms with Crippen molar-refractivity contribution in [1.82, 2.24) is 4.90 Å². The lowest BCUT2D eigenvalue weighted by Crippen LogP contribution is -2.35. The van der Waals surface area contributed by atoms with Crippen molar-refractivity contribution in [3.8, 4) is 0 Å². The highest BCUT2D eigenvalue weighted by Crippen LogP contribution is 1.92. The van der Waals surface area contributed by atoms with Gasteiger partial charge in [-0.05, 0) is 20.5 Å². The molecule has 1 atom stereocenters. The fraction of sp³-hybridized carbons (Fsp3) is 0.875. The van der Waals surface area contributed by atoms with Crippen LogP contribution in [0.4, 0.5) is 0 Å². The first-order chi connectivity index (χ1) is 5.09. The second-order valence-electron chi connectivity index (χ2n) is 2.09. The molecule has 0 amide bonds. The number of aliphatic carboxylic acids is 1. The fourth-order valence-electron chi connectivity index (χ4n) is 0.462. The monoisotopic (exact) mass is 161 g/mol. The first-order valence-corrected chi connectivity index (χ1v) is 4.02. The molecule has 0 spiro atoms. The molecule has 0 rings (SSSR count). The largest absolute Gasteiger partial charge is 0.480 e. The highest BCUT2D eigenvalue weighted by atomic mass is 16.4. The van der Waals surface area contributed by atoms with Crippen molar-refractivity contribution in [2.24, 2.45) is 0 Å². The Morgan fingerprint density at radius 1 is 1.55 bits per heavy atom. The maximum Gasteiger partial charge on any atom is 0.320 e. The second-order valence-corrected chi connectivity index (χ2v) is 2.09. The summed E-state index contributed by atoms with van der Waals surface area (Å²) in [5, 5.41) is 8.44. The molecule has 0 aliphatic heterocycles. The Kier molecular flexibility index (Phi) is 8.94. The summed E-state index contributed by atoms with van der Waals surface area (Å²) in [4.78, 5) is 12.0. The summed E-state index contributed by atoms with van der Waals surface area (Å²) in [6, 6.07) is -0.366. The summed E-state index contributed by atoms with van der Waals surface area (Å²) >= 11 is 0. The zero-order valence-electron chi connectivity index (χ0n) is 8.09. The van der Waals surface area contributed by atoms with Gasteiger partial charge in [0.15, 0.2) is 0 Å². The molecule has 11 heavy (non-hydrogen) atoms. The predicted molar refractivity (Wildman–Crippen MR) is 46.7 cm³/mol. The second kappa shape index (κ2) is 7.54. The van der Waals surface area contributed by atoms with Crippen LogP contribution < -0.4 is 0 Å². The van der Waals surface area contributed by atoms with E-state index in [1.165, 1.54) is 0 Å². The van der Waals surface area contributed by atoms with E-state index in [1.54, 1.807) is 18.9 Å². The maximum atomic E-state index is 10.3. The molecule has 0 aromatic rings. The van der Waals surface area contributed by atoms with E-state index in [4.69, 9.17) is 5.11 Å². The Morgan fingerprint density at radius 2 is 1.91 bits per heavy atom. The normalized spacial score (nSPS) is 11.8. The van der Waals surface area contributed by atoms with Gasteiger partial charge in [0.05, 0.1) is 0 Å². The zero-order valence-corrected chi connectivity index (χ0v) is 8.09. The zero-order chi connectivity index (χ0) is 9.44. The van der Waals surface area contributed by atoms with Crippen LogP contribution in [0.3, 0.4) is 0 Å². The van der Waals surface area contributed by atoms with Crippen LogP contribution in [0, 0.1) is 0 Å². The van der Waals surface area contributed by atoms with E-state index in [9.17, 15) is 4.79 Å². The van der Waals surface area contributed by atoms with Crippen molar-refractivity contribution >= 4 is 5.97 Å². The number of nitrogens with zero attached hydrogens (tertiary/aromatic N) is 1. The minimum atomic E-state index is -0.764. The van der Waals surface area contributed by atoms with E-state index >= 15 is 0 Å². The maximum absolute atomic E-state index is 10.3. The third kappa shape index (κ3) is 5.85. The summed E-state index contributed by atoms with van der Waals surface area (Å²) in [7, 11) is 1.79. The lowest BCUT2D eigenvalue weighted by atomic mass is 10.3. The first kappa shape index (κ1) is 13.1.